The number of nitrogens with zero attached hydrogens (tertiary/aromatic N) is 4. The van der Waals surface area contributed by atoms with Gasteiger partial charge < -0.3 is 19.0 Å². The maximum atomic E-state index is 9.20. The third-order valence-electron chi connectivity index (χ3n) is 6.15. The van der Waals surface area contributed by atoms with Crippen molar-refractivity contribution in [3.8, 4) is 11.4 Å². The van der Waals surface area contributed by atoms with Gasteiger partial charge in [-0.15, -0.1) is 0 Å². The first kappa shape index (κ1) is 17.0. The van der Waals surface area contributed by atoms with E-state index in [0.29, 0.717) is 12.1 Å². The third kappa shape index (κ3) is 2.88. The molecule has 0 bridgehead atoms. The maximum Gasteiger partial charge on any atom is 0.140 e. The lowest BCUT2D eigenvalue weighted by molar-refractivity contribution is -0.0567. The molecule has 2 aliphatic rings. The summed E-state index contributed by atoms with van der Waals surface area (Å²) in [4.78, 5) is 7.25. The van der Waals surface area contributed by atoms with E-state index in [1.54, 1.807) is 0 Å². The first-order chi connectivity index (χ1) is 13.2. The molecule has 1 aromatic carbocycles. The SMILES string of the molecule is Cn1ccc2c(-c3nccn3[C@H]3C[C@H]4CO[C@@H](CCO)CN4C3)cccc21. The monoisotopic (exact) mass is 366 g/mol. The minimum atomic E-state index is 0.158. The van der Waals surface area contributed by atoms with Crippen LogP contribution in [0.4, 0.5) is 0 Å². The number of imidazole rings is 1. The van der Waals surface area contributed by atoms with Crippen LogP contribution in [0.25, 0.3) is 22.3 Å². The highest BCUT2D eigenvalue weighted by Crippen LogP contribution is 2.35. The molecular formula is C21H26N4O2. The van der Waals surface area contributed by atoms with E-state index in [1.807, 2.05) is 6.20 Å². The number of benzene rings is 1. The van der Waals surface area contributed by atoms with Gasteiger partial charge in [-0.2, -0.15) is 0 Å². The van der Waals surface area contributed by atoms with Crippen LogP contribution in [-0.2, 0) is 11.8 Å². The minimum Gasteiger partial charge on any atom is -0.396 e. The van der Waals surface area contributed by atoms with Crippen LogP contribution >= 0.6 is 0 Å². The van der Waals surface area contributed by atoms with E-state index in [0.717, 1.165) is 38.4 Å². The van der Waals surface area contributed by atoms with Gasteiger partial charge in [-0.25, -0.2) is 4.98 Å². The van der Waals surface area contributed by atoms with Gasteiger partial charge in [0.25, 0.3) is 0 Å². The number of fused-ring (bicyclic) bond motifs is 2. The Hall–Kier alpha value is -2.15. The summed E-state index contributed by atoms with van der Waals surface area (Å²) >= 11 is 0. The van der Waals surface area contributed by atoms with Crippen LogP contribution < -0.4 is 0 Å². The van der Waals surface area contributed by atoms with Gasteiger partial charge in [0.05, 0.1) is 12.7 Å². The molecule has 0 radical (unpaired) electrons. The van der Waals surface area contributed by atoms with Crippen LogP contribution in [0.15, 0.2) is 42.9 Å². The van der Waals surface area contributed by atoms with Gasteiger partial charge >= 0.3 is 0 Å². The van der Waals surface area contributed by atoms with Crippen molar-refractivity contribution in [1.82, 2.24) is 19.0 Å². The molecule has 5 rings (SSSR count). The van der Waals surface area contributed by atoms with Crippen molar-refractivity contribution in [2.24, 2.45) is 7.05 Å². The Bertz CT molecular complexity index is 947. The molecule has 6 heteroatoms. The molecule has 3 aromatic rings. The zero-order chi connectivity index (χ0) is 18.4. The van der Waals surface area contributed by atoms with Crippen molar-refractivity contribution >= 4 is 10.9 Å². The van der Waals surface area contributed by atoms with Crippen LogP contribution in [0.2, 0.25) is 0 Å². The first-order valence-corrected chi connectivity index (χ1v) is 9.78. The van der Waals surface area contributed by atoms with E-state index < -0.39 is 0 Å². The van der Waals surface area contributed by atoms with Crippen molar-refractivity contribution in [2.75, 3.05) is 26.3 Å². The summed E-state index contributed by atoms with van der Waals surface area (Å²) in [6, 6.07) is 9.48. The highest BCUT2D eigenvalue weighted by molar-refractivity contribution is 5.93. The second-order valence-electron chi connectivity index (χ2n) is 7.79. The summed E-state index contributed by atoms with van der Waals surface area (Å²) < 4.78 is 10.4. The summed E-state index contributed by atoms with van der Waals surface area (Å²) in [5.41, 5.74) is 2.42. The molecule has 3 atom stereocenters. The number of rotatable bonds is 4. The Morgan fingerprint density at radius 2 is 2.11 bits per heavy atom. The van der Waals surface area contributed by atoms with Crippen LogP contribution in [-0.4, -0.2) is 62.6 Å². The number of ether oxygens (including phenoxy) is 1. The molecule has 0 amide bonds. The number of hydrogen-bond donors (Lipinski definition) is 1. The largest absolute Gasteiger partial charge is 0.396 e. The predicted octanol–water partition coefficient (Wildman–Crippen LogP) is 2.44. The van der Waals surface area contributed by atoms with Crippen LogP contribution in [0, 0.1) is 0 Å². The highest BCUT2D eigenvalue weighted by atomic mass is 16.5. The normalized spacial score (nSPS) is 25.9. The molecule has 0 spiro atoms. The molecule has 1 N–H and O–H groups in total. The lowest BCUT2D eigenvalue weighted by atomic mass is 10.1. The van der Waals surface area contributed by atoms with E-state index >= 15 is 0 Å². The van der Waals surface area contributed by atoms with Gasteiger partial charge in [0.1, 0.15) is 5.82 Å². The summed E-state index contributed by atoms with van der Waals surface area (Å²) in [5, 5.41) is 10.4. The average molecular weight is 366 g/mol. The van der Waals surface area contributed by atoms with Crippen molar-refractivity contribution in [1.29, 1.82) is 0 Å². The Labute approximate surface area is 159 Å². The van der Waals surface area contributed by atoms with Gasteiger partial charge in [-0.3, -0.25) is 4.90 Å². The smallest absolute Gasteiger partial charge is 0.140 e. The van der Waals surface area contributed by atoms with Crippen molar-refractivity contribution in [3.63, 3.8) is 0 Å². The average Bonchev–Trinajstić information content (AvgIpc) is 3.39. The fourth-order valence-electron chi connectivity index (χ4n) is 4.75. The molecule has 2 saturated heterocycles. The lowest BCUT2D eigenvalue weighted by Crippen LogP contribution is -2.46. The second kappa shape index (κ2) is 6.78. The number of hydrogen-bond acceptors (Lipinski definition) is 4. The molecule has 0 aliphatic carbocycles. The summed E-state index contributed by atoms with van der Waals surface area (Å²) in [5.74, 6) is 1.05. The topological polar surface area (TPSA) is 55.5 Å². The van der Waals surface area contributed by atoms with E-state index in [-0.39, 0.29) is 12.7 Å². The van der Waals surface area contributed by atoms with Gasteiger partial charge in [0, 0.05) is 73.9 Å². The van der Waals surface area contributed by atoms with Crippen molar-refractivity contribution < 1.29 is 9.84 Å². The molecule has 27 heavy (non-hydrogen) atoms. The number of aliphatic hydroxyl groups is 1. The van der Waals surface area contributed by atoms with Gasteiger partial charge in [-0.05, 0) is 25.0 Å². The molecule has 6 nitrogen and oxygen atoms in total. The van der Waals surface area contributed by atoms with Crippen molar-refractivity contribution in [2.45, 2.75) is 31.0 Å². The Morgan fingerprint density at radius 1 is 1.19 bits per heavy atom. The number of aromatic nitrogens is 3. The molecule has 142 valence electrons. The van der Waals surface area contributed by atoms with E-state index in [1.165, 1.54) is 16.5 Å². The first-order valence-electron chi connectivity index (χ1n) is 9.78. The van der Waals surface area contributed by atoms with Crippen LogP contribution in [0.5, 0.6) is 0 Å². The Balaban J connectivity index is 1.44. The number of aliphatic hydroxyl groups excluding tert-OH is 1. The molecular weight excluding hydrogens is 340 g/mol. The quantitative estimate of drug-likeness (QED) is 0.771. The molecule has 2 aliphatic heterocycles. The Morgan fingerprint density at radius 3 is 3.00 bits per heavy atom. The molecule has 2 aromatic heterocycles. The standard InChI is InChI=1S/C21H26N4O2/c1-23-8-5-18-19(3-2-4-20(18)23)21-22-7-9-25(21)15-11-16-14-27-17(6-10-26)13-24(16)12-15/h2-5,7-9,15-17,26H,6,10-14H2,1H3/t15-,16-,17-/m0/s1. The molecule has 4 heterocycles. The fourth-order valence-corrected chi connectivity index (χ4v) is 4.75. The zero-order valence-electron chi connectivity index (χ0n) is 15.7. The predicted molar refractivity (Wildman–Crippen MR) is 105 cm³/mol. The fraction of sp³-hybridized carbons (Fsp3) is 0.476. The van der Waals surface area contributed by atoms with E-state index in [2.05, 4.69) is 57.7 Å². The van der Waals surface area contributed by atoms with Crippen LogP contribution in [0.1, 0.15) is 18.9 Å². The third-order valence-corrected chi connectivity index (χ3v) is 6.15. The van der Waals surface area contributed by atoms with Crippen molar-refractivity contribution in [3.05, 3.63) is 42.9 Å². The summed E-state index contributed by atoms with van der Waals surface area (Å²) in [6.45, 7) is 2.89. The zero-order valence-corrected chi connectivity index (χ0v) is 15.7. The summed E-state index contributed by atoms with van der Waals surface area (Å²) in [6.07, 6.45) is 8.10. The van der Waals surface area contributed by atoms with Gasteiger partial charge in [-0.1, -0.05) is 12.1 Å². The van der Waals surface area contributed by atoms with E-state index in [4.69, 9.17) is 9.72 Å². The second-order valence-corrected chi connectivity index (χ2v) is 7.79. The molecule has 0 unspecified atom stereocenters. The number of aryl methyl sites for hydroxylation is 1. The number of morpholine rings is 1. The van der Waals surface area contributed by atoms with Gasteiger partial charge in [0.2, 0.25) is 0 Å². The minimum absolute atomic E-state index is 0.158. The highest BCUT2D eigenvalue weighted by Gasteiger charge is 2.38. The molecule has 2 fully saturated rings. The molecule has 0 saturated carbocycles. The maximum absolute atomic E-state index is 9.20. The van der Waals surface area contributed by atoms with Crippen LogP contribution in [0.3, 0.4) is 0 Å². The Kier molecular flexibility index (Phi) is 4.27. The van der Waals surface area contributed by atoms with Gasteiger partial charge in [0.15, 0.2) is 0 Å². The van der Waals surface area contributed by atoms with E-state index in [9.17, 15) is 5.11 Å². The lowest BCUT2D eigenvalue weighted by Gasteiger charge is -2.34. The summed E-state index contributed by atoms with van der Waals surface area (Å²) in [7, 11) is 2.08.